The number of fused-ring (bicyclic) bond motifs is 1. The van der Waals surface area contributed by atoms with Gasteiger partial charge in [0.25, 0.3) is 0 Å². The van der Waals surface area contributed by atoms with E-state index < -0.39 is 11.7 Å². The summed E-state index contributed by atoms with van der Waals surface area (Å²) >= 11 is 0. The first kappa shape index (κ1) is 19.5. The summed E-state index contributed by atoms with van der Waals surface area (Å²) in [7, 11) is 0. The van der Waals surface area contributed by atoms with E-state index in [1.54, 1.807) is 6.07 Å². The van der Waals surface area contributed by atoms with Crippen LogP contribution in [0.5, 0.6) is 0 Å². The third-order valence-corrected chi connectivity index (χ3v) is 5.37. The van der Waals surface area contributed by atoms with Gasteiger partial charge in [-0.15, -0.1) is 0 Å². The molecular weight excluding hydrogens is 373 g/mol. The highest BCUT2D eigenvalue weighted by Crippen LogP contribution is 2.32. The van der Waals surface area contributed by atoms with E-state index in [4.69, 9.17) is 4.74 Å². The monoisotopic (exact) mass is 397 g/mol. The van der Waals surface area contributed by atoms with Crippen LogP contribution < -0.4 is 10.6 Å². The van der Waals surface area contributed by atoms with Crippen molar-refractivity contribution in [3.63, 3.8) is 0 Å². The highest BCUT2D eigenvalue weighted by molar-refractivity contribution is 6.01. The number of halogens is 1. The molecule has 2 aliphatic rings. The number of amides is 2. The first-order valence-electron chi connectivity index (χ1n) is 9.83. The Labute approximate surface area is 169 Å². The van der Waals surface area contributed by atoms with E-state index in [1.165, 1.54) is 17.7 Å². The molecule has 6 nitrogen and oxygen atoms in total. The molecule has 2 heterocycles. The Bertz CT molecular complexity index is 895. The normalized spacial score (nSPS) is 19.3. The molecule has 2 aliphatic heterocycles. The van der Waals surface area contributed by atoms with Crippen molar-refractivity contribution in [3.05, 3.63) is 65.0 Å². The number of hydrogen-bond donors (Lipinski definition) is 2. The summed E-state index contributed by atoms with van der Waals surface area (Å²) in [4.78, 5) is 26.9. The van der Waals surface area contributed by atoms with Gasteiger partial charge >= 0.3 is 0 Å². The topological polar surface area (TPSA) is 70.7 Å². The molecule has 0 saturated carbocycles. The number of carbonyl (C=O) groups excluding carboxylic acids is 2. The molecule has 1 fully saturated rings. The quantitative estimate of drug-likeness (QED) is 0.813. The zero-order valence-corrected chi connectivity index (χ0v) is 16.1. The van der Waals surface area contributed by atoms with Crippen LogP contribution in [0, 0.1) is 5.82 Å². The molecule has 2 amide bonds. The van der Waals surface area contributed by atoms with Crippen LogP contribution in [-0.2, 0) is 27.4 Å². The average Bonchev–Trinajstić information content (AvgIpc) is 2.73. The molecule has 2 aromatic rings. The lowest BCUT2D eigenvalue weighted by atomic mass is 9.89. The van der Waals surface area contributed by atoms with E-state index in [0.29, 0.717) is 17.8 Å². The molecule has 1 atom stereocenters. The van der Waals surface area contributed by atoms with Crippen molar-refractivity contribution in [2.75, 3.05) is 31.6 Å². The molecule has 0 aliphatic carbocycles. The summed E-state index contributed by atoms with van der Waals surface area (Å²) in [5, 5.41) is 5.53. The molecule has 0 bridgehead atoms. The minimum Gasteiger partial charge on any atom is -0.379 e. The minimum atomic E-state index is -0.611. The fraction of sp³-hybridized carbons (Fsp3) is 0.364. The van der Waals surface area contributed by atoms with Gasteiger partial charge in [-0.25, -0.2) is 4.39 Å². The van der Waals surface area contributed by atoms with Crippen LogP contribution in [0.3, 0.4) is 0 Å². The van der Waals surface area contributed by atoms with Crippen molar-refractivity contribution in [1.29, 1.82) is 0 Å². The van der Waals surface area contributed by atoms with Crippen molar-refractivity contribution < 1.29 is 18.7 Å². The van der Waals surface area contributed by atoms with Crippen LogP contribution in [0.25, 0.3) is 0 Å². The standard InChI is InChI=1S/C22H24FN3O3/c23-17-5-6-18-19(12-21(27)25-20(18)11-17)22(28)24-13-15-1-3-16(4-2-15)14-26-7-9-29-10-8-26/h1-6,11,19H,7-10,12-14H2,(H,24,28)(H,25,27)/t19-/m1/s1. The maximum atomic E-state index is 13.4. The number of ether oxygens (including phenoxy) is 1. The van der Waals surface area contributed by atoms with Gasteiger partial charge in [0.2, 0.25) is 11.8 Å². The van der Waals surface area contributed by atoms with Gasteiger partial charge in [0.05, 0.1) is 19.1 Å². The Balaban J connectivity index is 1.35. The molecule has 152 valence electrons. The number of morpholine rings is 1. The third-order valence-electron chi connectivity index (χ3n) is 5.37. The van der Waals surface area contributed by atoms with Crippen molar-refractivity contribution >= 4 is 17.5 Å². The number of hydrogen-bond acceptors (Lipinski definition) is 4. The molecule has 0 unspecified atom stereocenters. The van der Waals surface area contributed by atoms with Gasteiger partial charge in [0.15, 0.2) is 0 Å². The van der Waals surface area contributed by atoms with Gasteiger partial charge in [-0.2, -0.15) is 0 Å². The largest absolute Gasteiger partial charge is 0.379 e. The predicted molar refractivity (Wildman–Crippen MR) is 107 cm³/mol. The zero-order chi connectivity index (χ0) is 20.2. The lowest BCUT2D eigenvalue weighted by molar-refractivity contribution is -0.126. The van der Waals surface area contributed by atoms with Crippen LogP contribution in [0.4, 0.5) is 10.1 Å². The molecule has 1 saturated heterocycles. The fourth-order valence-electron chi connectivity index (χ4n) is 3.76. The summed E-state index contributed by atoms with van der Waals surface area (Å²) in [6.07, 6.45) is 0.0585. The highest BCUT2D eigenvalue weighted by Gasteiger charge is 2.30. The van der Waals surface area contributed by atoms with Gasteiger partial charge < -0.3 is 15.4 Å². The maximum Gasteiger partial charge on any atom is 0.228 e. The lowest BCUT2D eigenvalue weighted by Crippen LogP contribution is -2.35. The SMILES string of the molecule is O=C1C[C@@H](C(=O)NCc2ccc(CN3CCOCC3)cc2)c2ccc(F)cc2N1. The fourth-order valence-corrected chi connectivity index (χ4v) is 3.76. The summed E-state index contributed by atoms with van der Waals surface area (Å²) in [5.41, 5.74) is 3.23. The van der Waals surface area contributed by atoms with E-state index in [0.717, 1.165) is 38.4 Å². The molecule has 2 N–H and O–H groups in total. The number of anilines is 1. The Morgan fingerprint density at radius 1 is 1.14 bits per heavy atom. The number of rotatable bonds is 5. The van der Waals surface area contributed by atoms with Crippen molar-refractivity contribution in [2.24, 2.45) is 0 Å². The highest BCUT2D eigenvalue weighted by atomic mass is 19.1. The Morgan fingerprint density at radius 2 is 1.86 bits per heavy atom. The van der Waals surface area contributed by atoms with E-state index in [9.17, 15) is 14.0 Å². The van der Waals surface area contributed by atoms with E-state index in [-0.39, 0.29) is 18.2 Å². The second-order valence-corrected chi connectivity index (χ2v) is 7.46. The number of benzene rings is 2. The second kappa shape index (κ2) is 8.71. The Kier molecular flexibility index (Phi) is 5.87. The molecule has 2 aromatic carbocycles. The summed E-state index contributed by atoms with van der Waals surface area (Å²) < 4.78 is 18.8. The molecule has 29 heavy (non-hydrogen) atoms. The Morgan fingerprint density at radius 3 is 2.62 bits per heavy atom. The summed E-state index contributed by atoms with van der Waals surface area (Å²) in [6.45, 7) is 4.71. The smallest absolute Gasteiger partial charge is 0.228 e. The lowest BCUT2D eigenvalue weighted by Gasteiger charge is -2.26. The van der Waals surface area contributed by atoms with Crippen molar-refractivity contribution in [3.8, 4) is 0 Å². The van der Waals surface area contributed by atoms with Gasteiger partial charge in [-0.05, 0) is 28.8 Å². The van der Waals surface area contributed by atoms with E-state index in [1.807, 2.05) is 12.1 Å². The molecule has 4 rings (SSSR count). The molecule has 0 aromatic heterocycles. The zero-order valence-electron chi connectivity index (χ0n) is 16.1. The van der Waals surface area contributed by atoms with Gasteiger partial charge in [0, 0.05) is 38.3 Å². The molecular formula is C22H24FN3O3. The second-order valence-electron chi connectivity index (χ2n) is 7.46. The minimum absolute atomic E-state index is 0.0585. The van der Waals surface area contributed by atoms with Crippen molar-refractivity contribution in [2.45, 2.75) is 25.4 Å². The first-order valence-corrected chi connectivity index (χ1v) is 9.83. The van der Waals surface area contributed by atoms with Crippen LogP contribution in [-0.4, -0.2) is 43.0 Å². The van der Waals surface area contributed by atoms with Gasteiger partial charge in [0.1, 0.15) is 5.82 Å². The molecule has 0 radical (unpaired) electrons. The maximum absolute atomic E-state index is 13.4. The van der Waals surface area contributed by atoms with Crippen LogP contribution in [0.15, 0.2) is 42.5 Å². The number of nitrogens with zero attached hydrogens (tertiary/aromatic N) is 1. The van der Waals surface area contributed by atoms with E-state index >= 15 is 0 Å². The average molecular weight is 397 g/mol. The molecule has 0 spiro atoms. The van der Waals surface area contributed by atoms with E-state index in [2.05, 4.69) is 27.7 Å². The third kappa shape index (κ3) is 4.81. The number of nitrogens with one attached hydrogen (secondary N) is 2. The molecule has 7 heteroatoms. The summed E-state index contributed by atoms with van der Waals surface area (Å²) in [5.74, 6) is -1.57. The van der Waals surface area contributed by atoms with Gasteiger partial charge in [-0.3, -0.25) is 14.5 Å². The van der Waals surface area contributed by atoms with Gasteiger partial charge in [-0.1, -0.05) is 30.3 Å². The Hall–Kier alpha value is -2.77. The predicted octanol–water partition coefficient (Wildman–Crippen LogP) is 2.40. The summed E-state index contributed by atoms with van der Waals surface area (Å²) in [6, 6.07) is 12.3. The van der Waals surface area contributed by atoms with Crippen molar-refractivity contribution in [1.82, 2.24) is 10.2 Å². The number of carbonyl (C=O) groups is 2. The van der Waals surface area contributed by atoms with Crippen LogP contribution in [0.1, 0.15) is 29.0 Å². The van der Waals surface area contributed by atoms with Crippen LogP contribution >= 0.6 is 0 Å². The van der Waals surface area contributed by atoms with Crippen LogP contribution in [0.2, 0.25) is 0 Å². The first-order chi connectivity index (χ1) is 14.1.